The molecule has 0 radical (unpaired) electrons. The molecule has 115 heavy (non-hydrogen) atoms. The van der Waals surface area contributed by atoms with Gasteiger partial charge in [-0.1, -0.05) is 44.2 Å². The van der Waals surface area contributed by atoms with Crippen LogP contribution < -0.4 is 115 Å². The second kappa shape index (κ2) is 53.9. The van der Waals surface area contributed by atoms with Gasteiger partial charge in [-0.2, -0.15) is 0 Å². The van der Waals surface area contributed by atoms with Crippen LogP contribution in [0.15, 0.2) is 40.3 Å². The van der Waals surface area contributed by atoms with Gasteiger partial charge in [0.15, 0.2) is 11.9 Å². The predicted molar refractivity (Wildman–Crippen MR) is 406 cm³/mol. The Labute approximate surface area is 660 Å². The van der Waals surface area contributed by atoms with Gasteiger partial charge in [-0.05, 0) is 115 Å². The Balaban J connectivity index is 3.81. The normalized spacial score (nSPS) is 14.6. The highest BCUT2D eigenvalue weighted by molar-refractivity contribution is 6.01. The van der Waals surface area contributed by atoms with Crippen molar-refractivity contribution in [1.29, 1.82) is 0 Å². The lowest BCUT2D eigenvalue weighted by Gasteiger charge is -2.28. The molecule has 1 rings (SSSR count). The molecule has 0 saturated carbocycles. The number of unbranched alkanes of at least 4 members (excludes halogenated alkanes) is 2. The fourth-order valence-corrected chi connectivity index (χ4v) is 10.8. The van der Waals surface area contributed by atoms with Crippen molar-refractivity contribution < 1.29 is 117 Å². The molecule has 0 aliphatic rings. The van der Waals surface area contributed by atoms with E-state index in [-0.39, 0.29) is 103 Å². The molecule has 0 saturated heterocycles. The number of primary amides is 2. The van der Waals surface area contributed by atoms with Crippen molar-refractivity contribution in [2.24, 2.45) is 67.5 Å². The van der Waals surface area contributed by atoms with Gasteiger partial charge in [0.2, 0.25) is 82.7 Å². The minimum absolute atomic E-state index is 0.0244. The van der Waals surface area contributed by atoms with Gasteiger partial charge in [0, 0.05) is 32.4 Å². The number of aliphatic hydroxyl groups excluding tert-OH is 2. The summed E-state index contributed by atoms with van der Waals surface area (Å²) >= 11 is 0. The number of aliphatic carboxylic acids is 4. The lowest BCUT2D eigenvalue weighted by atomic mass is 10.0. The molecule has 0 bridgehead atoms. The summed E-state index contributed by atoms with van der Waals surface area (Å²) < 4.78 is 0. The average Bonchev–Trinajstić information content (AvgIpc) is 0.860. The van der Waals surface area contributed by atoms with Gasteiger partial charge in [-0.25, -0.2) is 4.79 Å². The maximum absolute atomic E-state index is 14.6. The van der Waals surface area contributed by atoms with Crippen LogP contribution in [0, 0.1) is 5.92 Å². The third kappa shape index (κ3) is 41.9. The highest BCUT2D eigenvalue weighted by Crippen LogP contribution is 2.14. The fraction of sp³-hybridized carbons (Fsp3) is 0.618. The number of aliphatic imine (C=N–C) groups is 2. The first-order valence-corrected chi connectivity index (χ1v) is 36.7. The Morgan fingerprint density at radius 2 is 0.678 bits per heavy atom. The molecular weight excluding hydrogens is 1520 g/mol. The van der Waals surface area contributed by atoms with E-state index in [1.165, 1.54) is 0 Å². The molecule has 0 aromatic heterocycles. The molecule has 47 heteroatoms. The third-order valence-corrected chi connectivity index (χ3v) is 16.8. The number of carboxylic acids is 4. The van der Waals surface area contributed by atoms with E-state index in [4.69, 9.17) is 51.6 Å². The largest absolute Gasteiger partial charge is 0.481 e. The maximum Gasteiger partial charge on any atom is 0.326 e. The number of benzene rings is 1. The Hall–Kier alpha value is -12.0. The van der Waals surface area contributed by atoms with Crippen LogP contribution in [0.3, 0.4) is 0 Å². The predicted octanol–water partition coefficient (Wildman–Crippen LogP) is -10.8. The number of nitrogens with one attached hydrogen (secondary N) is 12. The van der Waals surface area contributed by atoms with E-state index in [9.17, 15) is 117 Å². The number of nitrogens with zero attached hydrogens (tertiary/aromatic N) is 2. The zero-order chi connectivity index (χ0) is 87.2. The molecule has 0 heterocycles. The lowest BCUT2D eigenvalue weighted by Crippen LogP contribution is -2.61. The Morgan fingerprint density at radius 3 is 1.01 bits per heavy atom. The SMILES string of the molecule is CC(C)C[C@H](NC(=O)[C@H](CC(=O)O)NC(=O)[C@@H](N)[C@@H](C)O)C(=O)N[C@@H](CO)C(=O)N[C@@H](CCC(=O)O)C(=O)N[C@@H](CC(N)=O)C(=O)N[C@@H](CCCN=C(N)N)C(=O)N[C@@H](CCCCN)C(=O)N[C@@H](CCC(N)=O)C(=O)N[C@@H](CC(=O)O)C(=O)N[C@@H](CCCCN)C(=O)N[C@@H](CCCN=C(N)N)C(=O)N[C@@H](Cc1ccccc1)C(=O)O. The molecule has 0 unspecified atom stereocenters. The van der Waals surface area contributed by atoms with Crippen LogP contribution in [-0.2, 0) is 92.7 Å². The van der Waals surface area contributed by atoms with Crippen molar-refractivity contribution in [2.45, 2.75) is 227 Å². The number of carbonyl (C=O) groups excluding carboxylic acids is 14. The smallest absolute Gasteiger partial charge is 0.326 e. The first-order valence-electron chi connectivity index (χ1n) is 36.7. The van der Waals surface area contributed by atoms with Crippen molar-refractivity contribution in [3.8, 4) is 0 Å². The van der Waals surface area contributed by atoms with E-state index >= 15 is 0 Å². The summed E-state index contributed by atoms with van der Waals surface area (Å²) in [5.41, 5.74) is 50.6. The van der Waals surface area contributed by atoms with Crippen molar-refractivity contribution in [2.75, 3.05) is 32.8 Å². The van der Waals surface area contributed by atoms with E-state index in [0.717, 1.165) is 6.92 Å². The number of rotatable bonds is 59. The molecule has 1 aromatic carbocycles. The number of guanidine groups is 2. The molecule has 47 nitrogen and oxygen atoms in total. The quantitative estimate of drug-likeness (QED) is 0.0164. The summed E-state index contributed by atoms with van der Waals surface area (Å²) in [5, 5.41) is 86.8. The Bertz CT molecular complexity index is 3530. The second-order valence-corrected chi connectivity index (χ2v) is 27.1. The average molecular weight is 1640 g/mol. The van der Waals surface area contributed by atoms with Gasteiger partial charge in [0.1, 0.15) is 78.5 Å². The van der Waals surface area contributed by atoms with E-state index in [1.807, 2.05) is 0 Å². The van der Waals surface area contributed by atoms with E-state index in [2.05, 4.69) is 73.8 Å². The number of carboxylic acid groups (broad SMARTS) is 4. The molecule has 36 N–H and O–H groups in total. The van der Waals surface area contributed by atoms with Crippen LogP contribution in [-0.4, -0.2) is 267 Å². The lowest BCUT2D eigenvalue weighted by molar-refractivity contribution is -0.142. The molecule has 1 aromatic rings. The van der Waals surface area contributed by atoms with Gasteiger partial charge in [0.25, 0.3) is 0 Å². The molecule has 0 spiro atoms. The third-order valence-electron chi connectivity index (χ3n) is 16.8. The zero-order valence-electron chi connectivity index (χ0n) is 64.1. The Morgan fingerprint density at radius 1 is 0.365 bits per heavy atom. The van der Waals surface area contributed by atoms with Gasteiger partial charge >= 0.3 is 23.9 Å². The van der Waals surface area contributed by atoms with Crippen LogP contribution in [0.1, 0.15) is 142 Å². The van der Waals surface area contributed by atoms with Crippen LogP contribution >= 0.6 is 0 Å². The summed E-state index contributed by atoms with van der Waals surface area (Å²) in [5.74, 6) is -24.6. The molecule has 14 amide bonds. The van der Waals surface area contributed by atoms with Crippen molar-refractivity contribution in [3.05, 3.63) is 35.9 Å². The van der Waals surface area contributed by atoms with Crippen LogP contribution in [0.4, 0.5) is 0 Å². The molecular formula is C68H113N23O24. The highest BCUT2D eigenvalue weighted by Gasteiger charge is 2.39. The number of aliphatic hydroxyl groups is 2. The molecule has 0 aliphatic heterocycles. The number of nitrogens with two attached hydrogens (primary N) is 9. The van der Waals surface area contributed by atoms with Crippen LogP contribution in [0.2, 0.25) is 0 Å². The molecule has 0 fully saturated rings. The minimum Gasteiger partial charge on any atom is -0.481 e. The number of amides is 14. The first kappa shape index (κ1) is 101. The van der Waals surface area contributed by atoms with E-state index < -0.39 is 261 Å². The first-order chi connectivity index (χ1) is 54.0. The summed E-state index contributed by atoms with van der Waals surface area (Å²) in [6.07, 6.45) is -8.87. The van der Waals surface area contributed by atoms with Crippen molar-refractivity contribution in [1.82, 2.24) is 63.8 Å². The monoisotopic (exact) mass is 1640 g/mol. The highest BCUT2D eigenvalue weighted by atomic mass is 16.4. The number of hydrogen-bond donors (Lipinski definition) is 27. The standard InChI is InChI=1S/C68H113N23O24/c1-33(2)27-42(86-63(111)45(31-52(100)101)89-65(113)53(73)34(3)93)60(108)91-47(32-92)64(112)85-41(20-22-50(96)97)59(107)87-43(29-49(72)95)61(109)83-38(17-11-25-78-67(74)75)56(104)80-36(15-7-9-23-69)55(103)84-40(19-21-48(71)94)58(106)88-44(30-51(98)99)62(110)82-37(16-8-10-24-70)54(102)81-39(18-12-26-79-68(76)77)57(105)90-46(66(114)115)28-35-13-5-4-6-14-35/h4-6,13-14,33-34,36-47,53,92-93H,7-12,15-32,69-70,73H2,1-3H3,(H2,71,94)(H2,72,95)(H,80,104)(H,81,102)(H,82,110)(H,83,109)(H,84,103)(H,85,112)(H,86,111)(H,87,107)(H,88,106)(H,89,113)(H,90,105)(H,91,108)(H,96,97)(H,98,99)(H,100,101)(H,114,115)(H4,74,75,78)(H4,76,77,79)/t34-,36+,37+,38+,39+,40+,41+,42+,43+,44+,45+,46+,47+,53+/m1/s1. The summed E-state index contributed by atoms with van der Waals surface area (Å²) in [6, 6.07) is -15.3. The zero-order valence-corrected chi connectivity index (χ0v) is 64.1. The number of carbonyl (C=O) groups is 18. The van der Waals surface area contributed by atoms with Gasteiger partial charge in [-0.3, -0.25) is 91.5 Å². The van der Waals surface area contributed by atoms with E-state index in [1.54, 1.807) is 44.2 Å². The second-order valence-electron chi connectivity index (χ2n) is 27.1. The van der Waals surface area contributed by atoms with Gasteiger partial charge in [-0.15, -0.1) is 0 Å². The Kier molecular flexibility index (Phi) is 47.3. The number of hydrogen-bond acceptors (Lipinski definition) is 25. The fourth-order valence-electron chi connectivity index (χ4n) is 10.8. The summed E-state index contributed by atoms with van der Waals surface area (Å²) in [7, 11) is 0. The van der Waals surface area contributed by atoms with Gasteiger partial charge < -0.3 is 146 Å². The summed E-state index contributed by atoms with van der Waals surface area (Å²) in [4.78, 5) is 249. The summed E-state index contributed by atoms with van der Waals surface area (Å²) in [6.45, 7) is 2.90. The molecule has 14 atom stereocenters. The van der Waals surface area contributed by atoms with Crippen molar-refractivity contribution in [3.63, 3.8) is 0 Å². The molecule has 0 aliphatic carbocycles. The maximum atomic E-state index is 14.6. The molecule has 644 valence electrons. The van der Waals surface area contributed by atoms with Crippen molar-refractivity contribution >= 4 is 118 Å². The topological polar surface area (TPSA) is 832 Å². The van der Waals surface area contributed by atoms with Gasteiger partial charge in [0.05, 0.1) is 32.0 Å². The van der Waals surface area contributed by atoms with Crippen LogP contribution in [0.25, 0.3) is 0 Å². The van der Waals surface area contributed by atoms with E-state index in [0.29, 0.717) is 5.56 Å². The minimum atomic E-state index is -2.11. The van der Waals surface area contributed by atoms with Crippen LogP contribution in [0.5, 0.6) is 0 Å².